The average Bonchev–Trinajstić information content (AvgIpc) is 2.45. The number of carboxylic acid groups (broad SMARTS) is 1. The second-order valence-corrected chi connectivity index (χ2v) is 2.73. The van der Waals surface area contributed by atoms with Crippen LogP contribution in [0.5, 0.6) is 0 Å². The number of aromatic nitrogens is 4. The van der Waals surface area contributed by atoms with Gasteiger partial charge in [0.1, 0.15) is 5.82 Å². The van der Waals surface area contributed by atoms with Crippen molar-refractivity contribution in [2.75, 3.05) is 0 Å². The van der Waals surface area contributed by atoms with Crippen LogP contribution in [-0.4, -0.2) is 30.7 Å². The number of aromatic amines is 1. The Morgan fingerprint density at radius 2 is 2.29 bits per heavy atom. The van der Waals surface area contributed by atoms with Crippen LogP contribution in [0.2, 0.25) is 0 Å². The summed E-state index contributed by atoms with van der Waals surface area (Å²) in [6, 6.07) is 0.937. The standard InChI is InChI=1S/C7H6N4O3/c1-3-8-7-9-4(6(13)14)2-5(12)11(7)10-3/h2H,1H3,(H,13,14)(H,8,9,10). The number of fused-ring (bicyclic) bond motifs is 1. The minimum absolute atomic E-state index is 0.0624. The van der Waals surface area contributed by atoms with Gasteiger partial charge < -0.3 is 5.11 Å². The third kappa shape index (κ3) is 1.15. The summed E-state index contributed by atoms with van der Waals surface area (Å²) in [6.45, 7) is 1.65. The van der Waals surface area contributed by atoms with Crippen LogP contribution in [-0.2, 0) is 0 Å². The lowest BCUT2D eigenvalue weighted by atomic mass is 10.4. The molecule has 0 atom stereocenters. The van der Waals surface area contributed by atoms with E-state index in [4.69, 9.17) is 5.11 Å². The van der Waals surface area contributed by atoms with E-state index >= 15 is 0 Å². The van der Waals surface area contributed by atoms with Gasteiger partial charge in [0.05, 0.1) is 0 Å². The Hall–Kier alpha value is -2.18. The van der Waals surface area contributed by atoms with Crippen molar-refractivity contribution in [3.63, 3.8) is 0 Å². The lowest BCUT2D eigenvalue weighted by Gasteiger charge is -1.92. The lowest BCUT2D eigenvalue weighted by Crippen LogP contribution is -2.17. The Morgan fingerprint density at radius 3 is 2.93 bits per heavy atom. The fourth-order valence-electron chi connectivity index (χ4n) is 1.10. The van der Waals surface area contributed by atoms with Gasteiger partial charge in [0.2, 0.25) is 0 Å². The maximum Gasteiger partial charge on any atom is 0.354 e. The highest BCUT2D eigenvalue weighted by molar-refractivity contribution is 5.85. The summed E-state index contributed by atoms with van der Waals surface area (Å²) in [5.74, 6) is -0.685. The van der Waals surface area contributed by atoms with Crippen molar-refractivity contribution in [1.82, 2.24) is 19.6 Å². The summed E-state index contributed by atoms with van der Waals surface area (Å²) in [7, 11) is 0. The van der Waals surface area contributed by atoms with Gasteiger partial charge >= 0.3 is 5.97 Å². The number of nitrogens with zero attached hydrogens (tertiary/aromatic N) is 3. The van der Waals surface area contributed by atoms with Gasteiger partial charge in [-0.3, -0.25) is 9.89 Å². The highest BCUT2D eigenvalue weighted by atomic mass is 16.4. The zero-order valence-corrected chi connectivity index (χ0v) is 7.18. The molecule has 0 aliphatic heterocycles. The molecule has 0 spiro atoms. The number of hydrogen-bond donors (Lipinski definition) is 2. The van der Waals surface area contributed by atoms with Crippen molar-refractivity contribution in [1.29, 1.82) is 0 Å². The van der Waals surface area contributed by atoms with Crippen LogP contribution in [0, 0.1) is 6.92 Å². The van der Waals surface area contributed by atoms with Crippen molar-refractivity contribution in [3.8, 4) is 0 Å². The summed E-state index contributed by atoms with van der Waals surface area (Å²) in [5.41, 5.74) is -0.797. The largest absolute Gasteiger partial charge is 0.477 e. The first-order valence-electron chi connectivity index (χ1n) is 3.77. The minimum Gasteiger partial charge on any atom is -0.477 e. The normalized spacial score (nSPS) is 10.6. The molecular formula is C7H6N4O3. The monoisotopic (exact) mass is 194 g/mol. The van der Waals surface area contributed by atoms with Crippen LogP contribution in [0.4, 0.5) is 0 Å². The molecule has 0 aromatic carbocycles. The Balaban J connectivity index is 2.84. The van der Waals surface area contributed by atoms with Gasteiger partial charge in [0.25, 0.3) is 11.3 Å². The number of aromatic carboxylic acids is 1. The second-order valence-electron chi connectivity index (χ2n) is 2.73. The van der Waals surface area contributed by atoms with E-state index in [1.165, 1.54) is 0 Å². The van der Waals surface area contributed by atoms with E-state index in [9.17, 15) is 9.59 Å². The van der Waals surface area contributed by atoms with Crippen LogP contribution >= 0.6 is 0 Å². The molecule has 0 aliphatic carbocycles. The van der Waals surface area contributed by atoms with Crippen LogP contribution < -0.4 is 5.56 Å². The van der Waals surface area contributed by atoms with Gasteiger partial charge in [0.15, 0.2) is 5.69 Å². The molecule has 0 fully saturated rings. The number of rotatable bonds is 1. The molecule has 2 N–H and O–H groups in total. The van der Waals surface area contributed by atoms with Crippen molar-refractivity contribution < 1.29 is 9.90 Å². The molecule has 2 aromatic rings. The molecule has 0 amide bonds. The number of hydrogen-bond acceptors (Lipinski definition) is 4. The third-order valence-electron chi connectivity index (χ3n) is 1.66. The molecular weight excluding hydrogens is 188 g/mol. The van der Waals surface area contributed by atoms with Crippen LogP contribution in [0.3, 0.4) is 0 Å². The van der Waals surface area contributed by atoms with E-state index in [2.05, 4.69) is 15.1 Å². The molecule has 0 unspecified atom stereocenters. The van der Waals surface area contributed by atoms with Gasteiger partial charge in [-0.05, 0) is 6.92 Å². The first kappa shape index (κ1) is 8.42. The first-order chi connectivity index (χ1) is 6.58. The predicted molar refractivity (Wildman–Crippen MR) is 45.3 cm³/mol. The maximum atomic E-state index is 11.3. The molecule has 7 nitrogen and oxygen atoms in total. The molecule has 7 heteroatoms. The smallest absolute Gasteiger partial charge is 0.354 e. The van der Waals surface area contributed by atoms with E-state index in [1.807, 2.05) is 0 Å². The molecule has 0 bridgehead atoms. The second kappa shape index (κ2) is 2.66. The Kier molecular flexibility index (Phi) is 1.60. The summed E-state index contributed by atoms with van der Waals surface area (Å²) in [4.78, 5) is 29.4. The number of carbonyl (C=O) groups is 1. The summed E-state index contributed by atoms with van der Waals surface area (Å²) < 4.78 is 1.09. The molecule has 0 saturated carbocycles. The maximum absolute atomic E-state index is 11.3. The summed E-state index contributed by atoms with van der Waals surface area (Å²) >= 11 is 0. The molecule has 0 aliphatic rings. The fraction of sp³-hybridized carbons (Fsp3) is 0.143. The van der Waals surface area contributed by atoms with Crippen LogP contribution in [0.1, 0.15) is 16.3 Å². The zero-order chi connectivity index (χ0) is 10.3. The lowest BCUT2D eigenvalue weighted by molar-refractivity contribution is 0.0690. The number of carboxylic acids is 1. The van der Waals surface area contributed by atoms with E-state index < -0.39 is 11.5 Å². The van der Waals surface area contributed by atoms with E-state index in [-0.39, 0.29) is 11.5 Å². The minimum atomic E-state index is -1.25. The van der Waals surface area contributed by atoms with Crippen LogP contribution in [0.25, 0.3) is 5.78 Å². The highest BCUT2D eigenvalue weighted by Gasteiger charge is 2.10. The quantitative estimate of drug-likeness (QED) is 0.632. The molecule has 72 valence electrons. The molecule has 0 radical (unpaired) electrons. The van der Waals surface area contributed by atoms with Gasteiger partial charge in [-0.2, -0.15) is 9.50 Å². The highest BCUT2D eigenvalue weighted by Crippen LogP contribution is 1.96. The predicted octanol–water partition coefficient (Wildman–Crippen LogP) is -0.576. The Morgan fingerprint density at radius 1 is 1.57 bits per heavy atom. The van der Waals surface area contributed by atoms with Gasteiger partial charge in [0, 0.05) is 6.07 Å². The molecule has 0 saturated heterocycles. The summed E-state index contributed by atoms with van der Waals surface area (Å²) in [6.07, 6.45) is 0. The van der Waals surface area contributed by atoms with E-state index in [1.54, 1.807) is 6.92 Å². The van der Waals surface area contributed by atoms with Crippen molar-refractivity contribution in [2.24, 2.45) is 0 Å². The van der Waals surface area contributed by atoms with Crippen LogP contribution in [0.15, 0.2) is 10.9 Å². The van der Waals surface area contributed by atoms with Gasteiger partial charge in [-0.15, -0.1) is 0 Å². The molecule has 2 rings (SSSR count). The number of aryl methyl sites for hydroxylation is 1. The molecule has 14 heavy (non-hydrogen) atoms. The summed E-state index contributed by atoms with van der Waals surface area (Å²) in [5, 5.41) is 11.3. The van der Waals surface area contributed by atoms with Crippen molar-refractivity contribution in [3.05, 3.63) is 27.9 Å². The topological polar surface area (TPSA) is 100 Å². The fourth-order valence-corrected chi connectivity index (χ4v) is 1.10. The Bertz CT molecular complexity index is 568. The molecule has 2 heterocycles. The van der Waals surface area contributed by atoms with Gasteiger partial charge in [-0.1, -0.05) is 0 Å². The number of H-pyrrole nitrogens is 1. The SMILES string of the molecule is Cc1nc2nc(C(=O)O)cc(=O)n2[nH]1. The third-order valence-corrected chi connectivity index (χ3v) is 1.66. The van der Waals surface area contributed by atoms with E-state index in [0.717, 1.165) is 10.6 Å². The van der Waals surface area contributed by atoms with Crippen molar-refractivity contribution >= 4 is 11.7 Å². The first-order valence-corrected chi connectivity index (χ1v) is 3.77. The van der Waals surface area contributed by atoms with Crippen molar-refractivity contribution in [2.45, 2.75) is 6.92 Å². The van der Waals surface area contributed by atoms with Gasteiger partial charge in [-0.25, -0.2) is 9.78 Å². The van der Waals surface area contributed by atoms with E-state index in [0.29, 0.717) is 5.82 Å². The Labute approximate surface area is 77.0 Å². The number of nitrogens with one attached hydrogen (secondary N) is 1. The zero-order valence-electron chi connectivity index (χ0n) is 7.18. The molecule has 2 aromatic heterocycles. The average molecular weight is 194 g/mol.